The summed E-state index contributed by atoms with van der Waals surface area (Å²) in [4.78, 5) is 32.9. The molecule has 0 spiro atoms. The molecule has 0 aliphatic rings. The van der Waals surface area contributed by atoms with E-state index in [1.807, 2.05) is 0 Å². The first-order chi connectivity index (χ1) is 8.81. The lowest BCUT2D eigenvalue weighted by Gasteiger charge is -2.06. The number of carboxylic acid groups (broad SMARTS) is 1. The number of carboxylic acids is 1. The van der Waals surface area contributed by atoms with E-state index in [4.69, 9.17) is 5.11 Å². The van der Waals surface area contributed by atoms with Gasteiger partial charge in [-0.2, -0.15) is 0 Å². The summed E-state index contributed by atoms with van der Waals surface area (Å²) in [5.74, 6) is -10.8. The minimum absolute atomic E-state index is 0.140. The van der Waals surface area contributed by atoms with Crippen LogP contribution in [0, 0.1) is 17.5 Å². The van der Waals surface area contributed by atoms with E-state index in [9.17, 15) is 27.6 Å². The lowest BCUT2D eigenvalue weighted by molar-refractivity contribution is -0.137. The zero-order valence-electron chi connectivity index (χ0n) is 9.50. The van der Waals surface area contributed by atoms with Crippen molar-refractivity contribution in [1.29, 1.82) is 0 Å². The Morgan fingerprint density at radius 2 is 1.79 bits per heavy atom. The van der Waals surface area contributed by atoms with Crippen LogP contribution in [0.25, 0.3) is 0 Å². The molecule has 0 amide bonds. The maximum absolute atomic E-state index is 13.4. The first kappa shape index (κ1) is 14.7. The normalized spacial score (nSPS) is 10.1. The molecule has 0 radical (unpaired) electrons. The Labute approximate surface area is 104 Å². The summed E-state index contributed by atoms with van der Waals surface area (Å²) in [7, 11) is 0. The van der Waals surface area contributed by atoms with Crippen LogP contribution in [0.2, 0.25) is 0 Å². The van der Waals surface area contributed by atoms with E-state index in [0.29, 0.717) is 0 Å². The first-order valence-electron chi connectivity index (χ1n) is 4.93. The molecule has 1 N–H and O–H groups in total. The summed E-state index contributed by atoms with van der Waals surface area (Å²) in [6.45, 7) is 1.18. The van der Waals surface area contributed by atoms with Crippen molar-refractivity contribution < 1.29 is 37.4 Å². The van der Waals surface area contributed by atoms with Crippen LogP contribution in [0.15, 0.2) is 6.07 Å². The second kappa shape index (κ2) is 5.51. The predicted molar refractivity (Wildman–Crippen MR) is 54.2 cm³/mol. The molecule has 19 heavy (non-hydrogen) atoms. The van der Waals surface area contributed by atoms with Crippen LogP contribution in [-0.4, -0.2) is 29.4 Å². The molecule has 5 nitrogen and oxygen atoms in total. The summed E-state index contributed by atoms with van der Waals surface area (Å²) >= 11 is 0. The van der Waals surface area contributed by atoms with Gasteiger partial charge in [0.25, 0.3) is 5.78 Å². The Morgan fingerprint density at radius 3 is 2.26 bits per heavy atom. The van der Waals surface area contributed by atoms with E-state index >= 15 is 0 Å². The van der Waals surface area contributed by atoms with Gasteiger partial charge in [-0.05, 0) is 13.0 Å². The number of hydrogen-bond donors (Lipinski definition) is 1. The second-order valence-corrected chi connectivity index (χ2v) is 3.26. The van der Waals surface area contributed by atoms with Gasteiger partial charge in [0.2, 0.25) is 0 Å². The second-order valence-electron chi connectivity index (χ2n) is 3.26. The molecule has 0 fully saturated rings. The van der Waals surface area contributed by atoms with Crippen molar-refractivity contribution in [3.05, 3.63) is 34.6 Å². The van der Waals surface area contributed by atoms with Gasteiger partial charge in [0.1, 0.15) is 11.4 Å². The molecule has 1 aromatic carbocycles. The minimum atomic E-state index is -2.06. The highest BCUT2D eigenvalue weighted by atomic mass is 19.2. The molecule has 0 atom stereocenters. The molecule has 0 aliphatic carbocycles. The van der Waals surface area contributed by atoms with Gasteiger partial charge in [-0.3, -0.25) is 4.79 Å². The van der Waals surface area contributed by atoms with Crippen molar-refractivity contribution in [2.24, 2.45) is 0 Å². The van der Waals surface area contributed by atoms with Gasteiger partial charge in [0.05, 0.1) is 12.2 Å². The SMILES string of the molecule is CCOC(=O)C(=O)c1cc(F)c(C(=O)O)c(F)c1F. The fraction of sp³-hybridized carbons (Fsp3) is 0.182. The Morgan fingerprint density at radius 1 is 1.21 bits per heavy atom. The Bertz CT molecular complexity index is 568. The topological polar surface area (TPSA) is 80.7 Å². The largest absolute Gasteiger partial charge is 0.477 e. The zero-order valence-corrected chi connectivity index (χ0v) is 9.50. The molecule has 102 valence electrons. The van der Waals surface area contributed by atoms with Crippen LogP contribution < -0.4 is 0 Å². The average Bonchev–Trinajstić information content (AvgIpc) is 2.32. The van der Waals surface area contributed by atoms with Crippen molar-refractivity contribution in [3.8, 4) is 0 Å². The number of ketones is 1. The number of Topliss-reactive ketones (excluding diaryl/α,β-unsaturated/α-hetero) is 1. The lowest BCUT2D eigenvalue weighted by atomic mass is 10.1. The summed E-state index contributed by atoms with van der Waals surface area (Å²) in [6.07, 6.45) is 0. The van der Waals surface area contributed by atoms with Gasteiger partial charge in [0, 0.05) is 0 Å². The van der Waals surface area contributed by atoms with Crippen LogP contribution in [0.1, 0.15) is 27.6 Å². The van der Waals surface area contributed by atoms with E-state index < -0.39 is 46.3 Å². The quantitative estimate of drug-likeness (QED) is 0.390. The number of carbonyl (C=O) groups excluding carboxylic acids is 2. The van der Waals surface area contributed by atoms with E-state index in [2.05, 4.69) is 4.74 Å². The first-order valence-corrected chi connectivity index (χ1v) is 4.93. The third kappa shape index (κ3) is 2.72. The average molecular weight is 276 g/mol. The number of ether oxygens (including phenoxy) is 1. The van der Waals surface area contributed by atoms with Gasteiger partial charge in [-0.25, -0.2) is 22.8 Å². The third-order valence-electron chi connectivity index (χ3n) is 2.08. The summed E-state index contributed by atoms with van der Waals surface area (Å²) in [5, 5.41) is 8.47. The van der Waals surface area contributed by atoms with E-state index in [1.165, 1.54) is 6.92 Å². The van der Waals surface area contributed by atoms with E-state index in [-0.39, 0.29) is 12.7 Å². The van der Waals surface area contributed by atoms with Crippen LogP contribution >= 0.6 is 0 Å². The predicted octanol–water partition coefficient (Wildman–Crippen LogP) is 1.55. The molecule has 0 aliphatic heterocycles. The van der Waals surface area contributed by atoms with Gasteiger partial charge < -0.3 is 9.84 Å². The van der Waals surface area contributed by atoms with Crippen LogP contribution in [0.5, 0.6) is 0 Å². The highest BCUT2D eigenvalue weighted by Gasteiger charge is 2.29. The van der Waals surface area contributed by atoms with Crippen molar-refractivity contribution in [2.75, 3.05) is 6.61 Å². The molecule has 0 saturated heterocycles. The van der Waals surface area contributed by atoms with Gasteiger partial charge in [-0.1, -0.05) is 0 Å². The number of rotatable bonds is 4. The van der Waals surface area contributed by atoms with Gasteiger partial charge in [0.15, 0.2) is 11.6 Å². The smallest absolute Gasteiger partial charge is 0.379 e. The number of esters is 1. The molecule has 0 bridgehead atoms. The molecule has 1 aromatic rings. The summed E-state index contributed by atoms with van der Waals surface area (Å²) < 4.78 is 44.2. The van der Waals surface area contributed by atoms with Crippen molar-refractivity contribution in [2.45, 2.75) is 6.92 Å². The monoisotopic (exact) mass is 276 g/mol. The molecular weight excluding hydrogens is 269 g/mol. The Kier molecular flexibility index (Phi) is 4.26. The maximum Gasteiger partial charge on any atom is 0.379 e. The summed E-state index contributed by atoms with van der Waals surface area (Å²) in [6, 6.07) is 0.140. The highest BCUT2D eigenvalue weighted by Crippen LogP contribution is 2.21. The zero-order chi connectivity index (χ0) is 14.7. The third-order valence-corrected chi connectivity index (χ3v) is 2.08. The fourth-order valence-corrected chi connectivity index (χ4v) is 1.26. The summed E-state index contributed by atoms with van der Waals surface area (Å²) in [5.41, 5.74) is -2.77. The molecule has 1 rings (SSSR count). The molecule has 0 aromatic heterocycles. The van der Waals surface area contributed by atoms with Crippen molar-refractivity contribution in [3.63, 3.8) is 0 Å². The number of hydrogen-bond acceptors (Lipinski definition) is 4. The number of carbonyl (C=O) groups is 3. The molecule has 8 heteroatoms. The maximum atomic E-state index is 13.4. The van der Waals surface area contributed by atoms with Crippen molar-refractivity contribution >= 4 is 17.7 Å². The van der Waals surface area contributed by atoms with Gasteiger partial charge in [-0.15, -0.1) is 0 Å². The molecular formula is C11H7F3O5. The number of halogens is 3. The standard InChI is InChI=1S/C11H7F3O5/c1-2-19-11(18)9(15)4-3-5(12)6(10(16)17)8(14)7(4)13/h3H,2H2,1H3,(H,16,17). The molecule has 0 heterocycles. The molecule has 0 unspecified atom stereocenters. The van der Waals surface area contributed by atoms with Crippen LogP contribution in [0.4, 0.5) is 13.2 Å². The number of aromatic carboxylic acids is 1. The Hall–Kier alpha value is -2.38. The Balaban J connectivity index is 3.37. The lowest BCUT2D eigenvalue weighted by Crippen LogP contribution is -2.21. The van der Waals surface area contributed by atoms with E-state index in [0.717, 1.165) is 0 Å². The van der Waals surface area contributed by atoms with E-state index in [1.54, 1.807) is 0 Å². The minimum Gasteiger partial charge on any atom is -0.477 e. The van der Waals surface area contributed by atoms with Crippen LogP contribution in [0.3, 0.4) is 0 Å². The van der Waals surface area contributed by atoms with Crippen molar-refractivity contribution in [1.82, 2.24) is 0 Å². The van der Waals surface area contributed by atoms with Gasteiger partial charge >= 0.3 is 11.9 Å². The highest BCUT2D eigenvalue weighted by molar-refractivity contribution is 6.40. The fourth-order valence-electron chi connectivity index (χ4n) is 1.26. The van der Waals surface area contributed by atoms with Crippen LogP contribution in [-0.2, 0) is 9.53 Å². The number of benzene rings is 1. The molecule has 0 saturated carbocycles.